The van der Waals surface area contributed by atoms with Crippen LogP contribution in [0.2, 0.25) is 0 Å². The summed E-state index contributed by atoms with van der Waals surface area (Å²) in [6, 6.07) is 0.768. The van der Waals surface area contributed by atoms with Gasteiger partial charge in [-0.25, -0.2) is 9.67 Å². The Labute approximate surface area is 127 Å². The van der Waals surface area contributed by atoms with Gasteiger partial charge in [0.2, 0.25) is 0 Å². The Hall–Kier alpha value is -0.650. The summed E-state index contributed by atoms with van der Waals surface area (Å²) in [5, 5.41) is 7.97. The summed E-state index contributed by atoms with van der Waals surface area (Å²) in [5.41, 5.74) is 0. The van der Waals surface area contributed by atoms with Crippen molar-refractivity contribution < 1.29 is 0 Å². The number of fused-ring (bicyclic) bond motifs is 1. The van der Waals surface area contributed by atoms with Crippen LogP contribution in [0.4, 0.5) is 0 Å². The topological polar surface area (TPSA) is 46.0 Å². The molecule has 114 valence electrons. The highest BCUT2D eigenvalue weighted by molar-refractivity contribution is 5.85. The van der Waals surface area contributed by atoms with E-state index in [4.69, 9.17) is 0 Å². The van der Waals surface area contributed by atoms with Crippen molar-refractivity contribution in [1.29, 1.82) is 0 Å². The van der Waals surface area contributed by atoms with Gasteiger partial charge in [0.1, 0.15) is 12.2 Å². The van der Waals surface area contributed by atoms with Crippen LogP contribution in [0.15, 0.2) is 6.33 Å². The smallest absolute Gasteiger partial charge is 0.141 e. The van der Waals surface area contributed by atoms with Crippen LogP contribution in [0.1, 0.15) is 32.5 Å². The third kappa shape index (κ3) is 3.51. The van der Waals surface area contributed by atoms with Gasteiger partial charge in [-0.05, 0) is 31.2 Å². The molecule has 2 aliphatic heterocycles. The summed E-state index contributed by atoms with van der Waals surface area (Å²) in [7, 11) is 0. The van der Waals surface area contributed by atoms with E-state index in [9.17, 15) is 0 Å². The van der Waals surface area contributed by atoms with Crippen LogP contribution in [-0.4, -0.2) is 45.3 Å². The van der Waals surface area contributed by atoms with Gasteiger partial charge in [-0.15, -0.1) is 12.4 Å². The first-order valence-corrected chi connectivity index (χ1v) is 7.55. The van der Waals surface area contributed by atoms with Crippen molar-refractivity contribution in [3.63, 3.8) is 0 Å². The molecular weight excluding hydrogens is 274 g/mol. The molecule has 2 unspecified atom stereocenters. The SMILES string of the molecule is CC(C)Cn1ncnc1CN1CCC2NCCC2C1.Cl. The molecule has 20 heavy (non-hydrogen) atoms. The summed E-state index contributed by atoms with van der Waals surface area (Å²) >= 11 is 0. The first kappa shape index (κ1) is 15.7. The molecular formula is C14H26ClN5. The van der Waals surface area contributed by atoms with Gasteiger partial charge in [0.15, 0.2) is 0 Å². The van der Waals surface area contributed by atoms with Gasteiger partial charge < -0.3 is 5.32 Å². The van der Waals surface area contributed by atoms with Gasteiger partial charge in [0.05, 0.1) is 6.54 Å². The Morgan fingerprint density at radius 1 is 1.40 bits per heavy atom. The van der Waals surface area contributed by atoms with Crippen molar-refractivity contribution in [3.8, 4) is 0 Å². The van der Waals surface area contributed by atoms with E-state index in [0.29, 0.717) is 5.92 Å². The Morgan fingerprint density at radius 3 is 3.05 bits per heavy atom. The third-order valence-electron chi connectivity index (χ3n) is 4.34. The number of aromatic nitrogens is 3. The molecule has 1 aromatic rings. The van der Waals surface area contributed by atoms with Gasteiger partial charge in [-0.1, -0.05) is 13.8 Å². The molecule has 2 aliphatic rings. The lowest BCUT2D eigenvalue weighted by atomic mass is 9.93. The van der Waals surface area contributed by atoms with E-state index in [0.717, 1.165) is 30.9 Å². The first-order valence-electron chi connectivity index (χ1n) is 7.55. The standard InChI is InChI=1S/C14H25N5.ClH/c1-11(2)7-19-14(16-10-17-19)9-18-6-4-13-12(8-18)3-5-15-13;/h10-13,15H,3-9H2,1-2H3;1H. The Morgan fingerprint density at radius 2 is 2.25 bits per heavy atom. The lowest BCUT2D eigenvalue weighted by molar-refractivity contribution is 0.150. The van der Waals surface area contributed by atoms with Crippen molar-refractivity contribution >= 4 is 12.4 Å². The summed E-state index contributed by atoms with van der Waals surface area (Å²) in [6.45, 7) is 9.97. The monoisotopic (exact) mass is 299 g/mol. The van der Waals surface area contributed by atoms with Gasteiger partial charge >= 0.3 is 0 Å². The summed E-state index contributed by atoms with van der Waals surface area (Å²) in [4.78, 5) is 6.99. The minimum atomic E-state index is 0. The average Bonchev–Trinajstić information content (AvgIpc) is 2.98. The molecule has 1 N–H and O–H groups in total. The zero-order chi connectivity index (χ0) is 13.2. The van der Waals surface area contributed by atoms with E-state index in [1.165, 1.54) is 32.5 Å². The zero-order valence-electron chi connectivity index (χ0n) is 12.5. The van der Waals surface area contributed by atoms with E-state index in [-0.39, 0.29) is 12.4 Å². The van der Waals surface area contributed by atoms with E-state index < -0.39 is 0 Å². The molecule has 5 nitrogen and oxygen atoms in total. The molecule has 3 rings (SSSR count). The van der Waals surface area contributed by atoms with Crippen LogP contribution in [0, 0.1) is 11.8 Å². The molecule has 0 amide bonds. The largest absolute Gasteiger partial charge is 0.314 e. The molecule has 0 spiro atoms. The third-order valence-corrected chi connectivity index (χ3v) is 4.34. The molecule has 2 atom stereocenters. The van der Waals surface area contributed by atoms with Crippen LogP contribution in [0.25, 0.3) is 0 Å². The van der Waals surface area contributed by atoms with Crippen molar-refractivity contribution in [2.24, 2.45) is 11.8 Å². The second-order valence-corrected chi connectivity index (χ2v) is 6.39. The quantitative estimate of drug-likeness (QED) is 0.916. The highest BCUT2D eigenvalue weighted by Gasteiger charge is 2.32. The van der Waals surface area contributed by atoms with Gasteiger partial charge in [0, 0.05) is 25.7 Å². The van der Waals surface area contributed by atoms with Gasteiger partial charge in [-0.2, -0.15) is 5.10 Å². The second kappa shape index (κ2) is 6.87. The number of nitrogens with zero attached hydrogens (tertiary/aromatic N) is 4. The van der Waals surface area contributed by atoms with E-state index >= 15 is 0 Å². The summed E-state index contributed by atoms with van der Waals surface area (Å²) < 4.78 is 2.07. The van der Waals surface area contributed by atoms with Crippen LogP contribution in [0.5, 0.6) is 0 Å². The molecule has 0 radical (unpaired) electrons. The molecule has 3 heterocycles. The first-order chi connectivity index (χ1) is 9.22. The van der Waals surface area contributed by atoms with E-state index in [1.807, 2.05) is 0 Å². The van der Waals surface area contributed by atoms with E-state index in [1.54, 1.807) is 6.33 Å². The van der Waals surface area contributed by atoms with Crippen molar-refractivity contribution in [2.75, 3.05) is 19.6 Å². The molecule has 2 fully saturated rings. The summed E-state index contributed by atoms with van der Waals surface area (Å²) in [6.07, 6.45) is 4.31. The lowest BCUT2D eigenvalue weighted by Gasteiger charge is -2.34. The van der Waals surface area contributed by atoms with Gasteiger partial charge in [-0.3, -0.25) is 4.90 Å². The fraction of sp³-hybridized carbons (Fsp3) is 0.857. The van der Waals surface area contributed by atoms with Crippen LogP contribution >= 0.6 is 12.4 Å². The normalized spacial score (nSPS) is 26.6. The number of halogens is 1. The highest BCUT2D eigenvalue weighted by Crippen LogP contribution is 2.25. The number of rotatable bonds is 4. The number of hydrogen-bond donors (Lipinski definition) is 1. The maximum atomic E-state index is 4.44. The molecule has 0 aliphatic carbocycles. The molecule has 0 saturated carbocycles. The average molecular weight is 300 g/mol. The Kier molecular flexibility index (Phi) is 5.41. The molecule has 2 saturated heterocycles. The number of hydrogen-bond acceptors (Lipinski definition) is 4. The Balaban J connectivity index is 0.00000147. The number of piperidine rings is 1. The minimum absolute atomic E-state index is 0. The minimum Gasteiger partial charge on any atom is -0.314 e. The van der Waals surface area contributed by atoms with Crippen LogP contribution in [0.3, 0.4) is 0 Å². The van der Waals surface area contributed by atoms with Gasteiger partial charge in [0.25, 0.3) is 0 Å². The van der Waals surface area contributed by atoms with E-state index in [2.05, 4.69) is 38.8 Å². The number of likely N-dealkylation sites (tertiary alicyclic amines) is 1. The zero-order valence-corrected chi connectivity index (χ0v) is 13.3. The van der Waals surface area contributed by atoms with Crippen molar-refractivity contribution in [2.45, 2.75) is 45.8 Å². The second-order valence-electron chi connectivity index (χ2n) is 6.39. The predicted molar refractivity (Wildman–Crippen MR) is 81.9 cm³/mol. The fourth-order valence-electron chi connectivity index (χ4n) is 3.38. The molecule has 0 bridgehead atoms. The molecule has 1 aromatic heterocycles. The van der Waals surface area contributed by atoms with Crippen LogP contribution in [-0.2, 0) is 13.1 Å². The Bertz CT molecular complexity index is 419. The highest BCUT2D eigenvalue weighted by atomic mass is 35.5. The van der Waals surface area contributed by atoms with Crippen LogP contribution < -0.4 is 5.32 Å². The lowest BCUT2D eigenvalue weighted by Crippen LogP contribution is -2.44. The number of nitrogens with one attached hydrogen (secondary N) is 1. The maximum Gasteiger partial charge on any atom is 0.141 e. The van der Waals surface area contributed by atoms with Crippen molar-refractivity contribution in [3.05, 3.63) is 12.2 Å². The summed E-state index contributed by atoms with van der Waals surface area (Å²) in [5.74, 6) is 2.58. The fourth-order valence-corrected chi connectivity index (χ4v) is 3.38. The predicted octanol–water partition coefficient (Wildman–Crippen LogP) is 1.54. The molecule has 6 heteroatoms. The maximum absolute atomic E-state index is 4.44. The molecule has 0 aromatic carbocycles. The van der Waals surface area contributed by atoms with Crippen molar-refractivity contribution in [1.82, 2.24) is 25.0 Å².